The van der Waals surface area contributed by atoms with E-state index in [0.717, 1.165) is 19.3 Å². The Morgan fingerprint density at radius 1 is 1.24 bits per heavy atom. The maximum atomic E-state index is 11.2. The Balaban J connectivity index is 2.58. The van der Waals surface area contributed by atoms with E-state index in [0.29, 0.717) is 17.3 Å². The predicted molar refractivity (Wildman–Crippen MR) is 74.3 cm³/mol. The van der Waals surface area contributed by atoms with Gasteiger partial charge in [-0.3, -0.25) is 0 Å². The maximum absolute atomic E-state index is 11.2. The van der Waals surface area contributed by atoms with Gasteiger partial charge in [-0.2, -0.15) is 0 Å². The first-order valence-electron chi connectivity index (χ1n) is 6.41. The Morgan fingerprint density at radius 2 is 1.82 bits per heavy atom. The molecule has 1 rings (SSSR count). The number of rotatable bonds is 3. The third-order valence-corrected chi connectivity index (χ3v) is 5.53. The van der Waals surface area contributed by atoms with Crippen molar-refractivity contribution in [1.82, 2.24) is 0 Å². The van der Waals surface area contributed by atoms with Gasteiger partial charge in [0.15, 0.2) is 0 Å². The summed E-state index contributed by atoms with van der Waals surface area (Å²) in [6, 6.07) is 0. The molecule has 1 fully saturated rings. The van der Waals surface area contributed by atoms with Gasteiger partial charge in [-0.1, -0.05) is 20.8 Å². The molecule has 0 N–H and O–H groups in total. The molecule has 3 unspecified atom stereocenters. The smallest absolute Gasteiger partial charge is 0.147 e. The molecule has 0 aromatic rings. The average molecular weight is 281 g/mol. The van der Waals surface area contributed by atoms with E-state index in [2.05, 4.69) is 20.8 Å². The highest BCUT2D eigenvalue weighted by molar-refractivity contribution is 7.90. The molecule has 0 heterocycles. The van der Waals surface area contributed by atoms with Gasteiger partial charge in [0, 0.05) is 11.6 Å². The fourth-order valence-corrected chi connectivity index (χ4v) is 3.76. The zero-order chi connectivity index (χ0) is 13.3. The molecule has 0 saturated heterocycles. The molecule has 0 aromatic carbocycles. The van der Waals surface area contributed by atoms with Crippen LogP contribution in [-0.4, -0.2) is 25.8 Å². The van der Waals surface area contributed by atoms with Gasteiger partial charge in [0.1, 0.15) is 9.84 Å². The van der Waals surface area contributed by atoms with Crippen LogP contribution in [0.25, 0.3) is 0 Å². The monoisotopic (exact) mass is 280 g/mol. The Labute approximate surface area is 111 Å². The van der Waals surface area contributed by atoms with Gasteiger partial charge in [-0.25, -0.2) is 8.42 Å². The molecule has 1 aliphatic rings. The van der Waals surface area contributed by atoms with E-state index in [1.165, 1.54) is 12.7 Å². The second kappa shape index (κ2) is 5.48. The van der Waals surface area contributed by atoms with Crippen LogP contribution in [0.15, 0.2) is 0 Å². The van der Waals surface area contributed by atoms with Gasteiger partial charge in [0.25, 0.3) is 0 Å². The molecule has 2 nitrogen and oxygen atoms in total. The lowest BCUT2D eigenvalue weighted by atomic mass is 9.68. The van der Waals surface area contributed by atoms with E-state index in [9.17, 15) is 8.42 Å². The molecule has 0 spiro atoms. The van der Waals surface area contributed by atoms with Crippen LogP contribution in [0.2, 0.25) is 0 Å². The number of sulfone groups is 1. The average Bonchev–Trinajstić information content (AvgIpc) is 2.13. The molecule has 0 aromatic heterocycles. The van der Waals surface area contributed by atoms with Gasteiger partial charge in [-0.15, -0.1) is 11.6 Å². The summed E-state index contributed by atoms with van der Waals surface area (Å²) in [6.45, 7) is 6.79. The van der Waals surface area contributed by atoms with Gasteiger partial charge in [0.05, 0.1) is 5.75 Å². The second-order valence-electron chi connectivity index (χ2n) is 6.57. The van der Waals surface area contributed by atoms with Gasteiger partial charge < -0.3 is 0 Å². The lowest BCUT2D eigenvalue weighted by molar-refractivity contribution is 0.142. The molecule has 17 heavy (non-hydrogen) atoms. The van der Waals surface area contributed by atoms with Crippen LogP contribution in [0.5, 0.6) is 0 Å². The van der Waals surface area contributed by atoms with Crippen molar-refractivity contribution in [3.63, 3.8) is 0 Å². The number of alkyl halides is 1. The largest absolute Gasteiger partial charge is 0.229 e. The number of hydrogen-bond acceptors (Lipinski definition) is 2. The normalized spacial score (nSPS) is 31.5. The fourth-order valence-electron chi connectivity index (χ4n) is 2.68. The van der Waals surface area contributed by atoms with E-state index >= 15 is 0 Å². The van der Waals surface area contributed by atoms with Gasteiger partial charge in [0.2, 0.25) is 0 Å². The molecule has 0 radical (unpaired) electrons. The minimum atomic E-state index is -2.86. The van der Waals surface area contributed by atoms with Crippen LogP contribution in [0.4, 0.5) is 0 Å². The van der Waals surface area contributed by atoms with Crippen LogP contribution in [0.1, 0.15) is 46.5 Å². The van der Waals surface area contributed by atoms with Gasteiger partial charge >= 0.3 is 0 Å². The topological polar surface area (TPSA) is 34.1 Å². The van der Waals surface area contributed by atoms with E-state index in [1.807, 2.05) is 0 Å². The van der Waals surface area contributed by atoms with E-state index in [-0.39, 0.29) is 11.1 Å². The number of hydrogen-bond donors (Lipinski definition) is 0. The summed E-state index contributed by atoms with van der Waals surface area (Å²) in [5.41, 5.74) is 0.306. The van der Waals surface area contributed by atoms with Crippen molar-refractivity contribution < 1.29 is 8.42 Å². The van der Waals surface area contributed by atoms with Crippen molar-refractivity contribution in [2.45, 2.75) is 51.8 Å². The molecule has 4 heteroatoms. The Bertz CT molecular complexity index is 343. The summed E-state index contributed by atoms with van der Waals surface area (Å²) in [7, 11) is -2.86. The first kappa shape index (κ1) is 15.3. The summed E-state index contributed by atoms with van der Waals surface area (Å²) < 4.78 is 22.4. The first-order chi connectivity index (χ1) is 7.59. The van der Waals surface area contributed by atoms with Crippen molar-refractivity contribution in [2.24, 2.45) is 17.3 Å². The Morgan fingerprint density at radius 3 is 2.29 bits per heavy atom. The fraction of sp³-hybridized carbons (Fsp3) is 1.00. The molecule has 0 bridgehead atoms. The quantitative estimate of drug-likeness (QED) is 0.742. The minimum absolute atomic E-state index is 0.162. The zero-order valence-electron chi connectivity index (χ0n) is 11.4. The van der Waals surface area contributed by atoms with Crippen molar-refractivity contribution in [3.8, 4) is 0 Å². The van der Waals surface area contributed by atoms with Gasteiger partial charge in [-0.05, 0) is 42.9 Å². The number of halogens is 1. The molecule has 0 aliphatic heterocycles. The standard InChI is InChI=1S/C13H25ClO2S/c1-13(2,3)11-5-6-12(14)10(9-11)7-8-17(4,15)16/h10-12H,5-9H2,1-4H3. The third-order valence-electron chi connectivity index (χ3n) is 3.97. The minimum Gasteiger partial charge on any atom is -0.229 e. The third kappa shape index (κ3) is 5.17. The van der Waals surface area contributed by atoms with Crippen molar-refractivity contribution in [3.05, 3.63) is 0 Å². The van der Waals surface area contributed by atoms with E-state index < -0.39 is 9.84 Å². The molecule has 102 valence electrons. The first-order valence-corrected chi connectivity index (χ1v) is 8.91. The Hall–Kier alpha value is 0.240. The lowest BCUT2D eigenvalue weighted by Gasteiger charge is -2.40. The van der Waals surface area contributed by atoms with E-state index in [1.54, 1.807) is 0 Å². The molecule has 3 atom stereocenters. The predicted octanol–water partition coefficient (Wildman–Crippen LogP) is 3.49. The van der Waals surface area contributed by atoms with Crippen LogP contribution in [0.3, 0.4) is 0 Å². The molecule has 0 amide bonds. The lowest BCUT2D eigenvalue weighted by Crippen LogP contribution is -2.33. The van der Waals surface area contributed by atoms with Crippen LogP contribution >= 0.6 is 11.6 Å². The SMILES string of the molecule is CC(C)(C)C1CCC(Cl)C(CCS(C)(=O)=O)C1. The summed E-state index contributed by atoms with van der Waals surface area (Å²) >= 11 is 6.33. The van der Waals surface area contributed by atoms with Crippen molar-refractivity contribution in [1.29, 1.82) is 0 Å². The Kier molecular flexibility index (Phi) is 4.93. The molecule has 1 aliphatic carbocycles. The highest BCUT2D eigenvalue weighted by Crippen LogP contribution is 2.43. The van der Waals surface area contributed by atoms with Crippen molar-refractivity contribution in [2.75, 3.05) is 12.0 Å². The zero-order valence-corrected chi connectivity index (χ0v) is 12.9. The molecule has 1 saturated carbocycles. The van der Waals surface area contributed by atoms with Crippen molar-refractivity contribution >= 4 is 21.4 Å². The summed E-state index contributed by atoms with van der Waals surface area (Å²) in [4.78, 5) is 0. The van der Waals surface area contributed by atoms with Crippen LogP contribution < -0.4 is 0 Å². The molecular formula is C13H25ClO2S. The van der Waals surface area contributed by atoms with E-state index in [4.69, 9.17) is 11.6 Å². The molecular weight excluding hydrogens is 256 g/mol. The highest BCUT2D eigenvalue weighted by atomic mass is 35.5. The van der Waals surface area contributed by atoms with Crippen LogP contribution in [0, 0.1) is 17.3 Å². The summed E-state index contributed by atoms with van der Waals surface area (Å²) in [6.07, 6.45) is 5.30. The van der Waals surface area contributed by atoms with Crippen LogP contribution in [-0.2, 0) is 9.84 Å². The maximum Gasteiger partial charge on any atom is 0.147 e. The summed E-state index contributed by atoms with van der Waals surface area (Å²) in [5, 5.41) is 0.162. The second-order valence-corrected chi connectivity index (χ2v) is 9.39. The highest BCUT2D eigenvalue weighted by Gasteiger charge is 2.35. The summed E-state index contributed by atoms with van der Waals surface area (Å²) in [5.74, 6) is 1.31.